The molecule has 0 aliphatic heterocycles. The van der Waals surface area contributed by atoms with E-state index in [1.807, 2.05) is 24.3 Å². The van der Waals surface area contributed by atoms with Gasteiger partial charge in [0.1, 0.15) is 6.61 Å². The quantitative estimate of drug-likeness (QED) is 0.170. The minimum atomic E-state index is -0.406. The largest absolute Gasteiger partial charge is 0.449 e. The fourth-order valence-electron chi connectivity index (χ4n) is 4.52. The van der Waals surface area contributed by atoms with Crippen molar-refractivity contribution in [3.05, 3.63) is 59.7 Å². The van der Waals surface area contributed by atoms with E-state index in [1.165, 1.54) is 22.3 Å². The monoisotopic (exact) mass is 587 g/mol. The number of nitrogens with one attached hydrogen (secondary N) is 1. The minimum absolute atomic E-state index is 0.0605. The van der Waals surface area contributed by atoms with Crippen molar-refractivity contribution in [2.75, 3.05) is 92.4 Å². The molecule has 0 spiro atoms. The van der Waals surface area contributed by atoms with Gasteiger partial charge in [-0.05, 0) is 34.6 Å². The van der Waals surface area contributed by atoms with Crippen LogP contribution in [0.1, 0.15) is 43.7 Å². The Hall–Kier alpha value is -2.53. The molecule has 0 fully saturated rings. The summed E-state index contributed by atoms with van der Waals surface area (Å²) in [6, 6.07) is 16.6. The topological polar surface area (TPSA) is 93.7 Å². The maximum atomic E-state index is 12.2. The number of carbonyl (C=O) groups is 1. The average Bonchev–Trinajstić information content (AvgIpc) is 3.34. The number of rotatable bonds is 24. The molecule has 0 radical (unpaired) electrons. The molecule has 2 aromatic rings. The van der Waals surface area contributed by atoms with Crippen LogP contribution < -0.4 is 5.32 Å². The van der Waals surface area contributed by atoms with E-state index in [0.29, 0.717) is 98.2 Å². The average molecular weight is 588 g/mol. The van der Waals surface area contributed by atoms with E-state index in [0.717, 1.165) is 13.0 Å². The highest BCUT2D eigenvalue weighted by Gasteiger charge is 2.28. The molecular weight excluding hydrogens is 538 g/mol. The zero-order valence-electron chi connectivity index (χ0n) is 25.4. The van der Waals surface area contributed by atoms with E-state index in [-0.39, 0.29) is 5.92 Å². The molecule has 234 valence electrons. The van der Waals surface area contributed by atoms with Gasteiger partial charge in [-0.1, -0.05) is 68.8 Å². The first-order valence-corrected chi connectivity index (χ1v) is 15.3. The summed E-state index contributed by atoms with van der Waals surface area (Å²) in [5, 5.41) is 2.81. The minimum Gasteiger partial charge on any atom is -0.449 e. The van der Waals surface area contributed by atoms with Gasteiger partial charge in [0.2, 0.25) is 0 Å². The fraction of sp³-hybridized carbons (Fsp3) is 0.606. The van der Waals surface area contributed by atoms with Crippen molar-refractivity contribution in [2.24, 2.45) is 5.92 Å². The molecule has 1 aliphatic rings. The van der Waals surface area contributed by atoms with Crippen molar-refractivity contribution in [3.8, 4) is 11.1 Å². The van der Waals surface area contributed by atoms with Gasteiger partial charge in [0.05, 0.1) is 66.1 Å². The normalized spacial score (nSPS) is 13.1. The van der Waals surface area contributed by atoms with Crippen molar-refractivity contribution in [1.29, 1.82) is 0 Å². The van der Waals surface area contributed by atoms with Crippen LogP contribution in [0.25, 0.3) is 11.1 Å². The van der Waals surface area contributed by atoms with Gasteiger partial charge in [-0.3, -0.25) is 0 Å². The molecule has 2 aromatic carbocycles. The Balaban J connectivity index is 1.05. The van der Waals surface area contributed by atoms with Crippen molar-refractivity contribution < 1.29 is 38.0 Å². The first-order valence-electron chi connectivity index (χ1n) is 15.3. The maximum absolute atomic E-state index is 12.2. The second-order valence-electron chi connectivity index (χ2n) is 10.3. The van der Waals surface area contributed by atoms with Gasteiger partial charge in [0.25, 0.3) is 0 Å². The number of carbonyl (C=O) groups excluding carboxylic acids is 1. The maximum Gasteiger partial charge on any atom is 0.407 e. The number of ether oxygens (including phenoxy) is 7. The lowest BCUT2D eigenvalue weighted by Crippen LogP contribution is -2.27. The van der Waals surface area contributed by atoms with Crippen LogP contribution in [0.2, 0.25) is 0 Å². The Morgan fingerprint density at radius 3 is 1.64 bits per heavy atom. The van der Waals surface area contributed by atoms with E-state index >= 15 is 0 Å². The highest BCUT2D eigenvalue weighted by Crippen LogP contribution is 2.44. The van der Waals surface area contributed by atoms with E-state index in [2.05, 4.69) is 43.4 Å². The first-order chi connectivity index (χ1) is 20.7. The summed E-state index contributed by atoms with van der Waals surface area (Å²) < 4.78 is 38.6. The number of amides is 1. The Morgan fingerprint density at radius 2 is 1.14 bits per heavy atom. The lowest BCUT2D eigenvalue weighted by Gasteiger charge is -2.14. The summed E-state index contributed by atoms with van der Waals surface area (Å²) in [4.78, 5) is 12.2. The summed E-state index contributed by atoms with van der Waals surface area (Å²) in [6.45, 7) is 11.9. The predicted octanol–water partition coefficient (Wildman–Crippen LogP) is 5.06. The molecule has 0 saturated heterocycles. The van der Waals surface area contributed by atoms with Crippen LogP contribution in [0, 0.1) is 5.92 Å². The molecule has 0 saturated carbocycles. The molecule has 1 aliphatic carbocycles. The highest BCUT2D eigenvalue weighted by atomic mass is 16.6. The lowest BCUT2D eigenvalue weighted by molar-refractivity contribution is -0.0182. The second-order valence-corrected chi connectivity index (χ2v) is 10.3. The van der Waals surface area contributed by atoms with Crippen LogP contribution in [0.3, 0.4) is 0 Å². The SMILES string of the molecule is CCC(C)COCCOCCOCCOCCOCCOCCCNC(=O)OCC1c2ccccc2-c2ccccc21. The lowest BCUT2D eigenvalue weighted by atomic mass is 9.98. The molecule has 1 N–H and O–H groups in total. The zero-order valence-corrected chi connectivity index (χ0v) is 25.4. The number of fused-ring (bicyclic) bond motifs is 3. The smallest absolute Gasteiger partial charge is 0.407 e. The second kappa shape index (κ2) is 21.2. The fourth-order valence-corrected chi connectivity index (χ4v) is 4.52. The van der Waals surface area contributed by atoms with Gasteiger partial charge in [-0.25, -0.2) is 4.79 Å². The standard InChI is InChI=1S/C33H49NO8/c1-3-27(2)25-41-24-23-40-22-21-39-20-19-38-18-17-37-16-15-36-14-8-13-34-33(35)42-26-32-30-11-6-4-9-28(30)29-10-5-7-12-31(29)32/h4-7,9-12,27,32H,3,8,13-26H2,1-2H3,(H,34,35). The van der Waals surface area contributed by atoms with E-state index in [9.17, 15) is 4.79 Å². The van der Waals surface area contributed by atoms with Crippen LogP contribution in [0.5, 0.6) is 0 Å². The molecular formula is C33H49NO8. The predicted molar refractivity (Wildman–Crippen MR) is 162 cm³/mol. The number of alkyl carbamates (subject to hydrolysis) is 1. The van der Waals surface area contributed by atoms with Gasteiger partial charge >= 0.3 is 6.09 Å². The van der Waals surface area contributed by atoms with Crippen molar-refractivity contribution in [1.82, 2.24) is 5.32 Å². The molecule has 9 nitrogen and oxygen atoms in total. The van der Waals surface area contributed by atoms with Gasteiger partial charge in [-0.2, -0.15) is 0 Å². The molecule has 1 unspecified atom stereocenters. The van der Waals surface area contributed by atoms with Gasteiger partial charge in [-0.15, -0.1) is 0 Å². The summed E-state index contributed by atoms with van der Waals surface area (Å²) in [7, 11) is 0. The van der Waals surface area contributed by atoms with Crippen LogP contribution in [-0.2, 0) is 33.2 Å². The molecule has 3 rings (SSSR count). The third-order valence-electron chi connectivity index (χ3n) is 7.04. The van der Waals surface area contributed by atoms with Gasteiger partial charge in [0, 0.05) is 25.7 Å². The Labute approximate surface area is 251 Å². The molecule has 42 heavy (non-hydrogen) atoms. The summed E-state index contributed by atoms with van der Waals surface area (Å²) in [6.07, 6.45) is 1.42. The third kappa shape index (κ3) is 12.8. The first kappa shape index (κ1) is 34.0. The summed E-state index contributed by atoms with van der Waals surface area (Å²) in [5.74, 6) is 0.655. The Kier molecular flexibility index (Phi) is 17.1. The van der Waals surface area contributed by atoms with Crippen molar-refractivity contribution >= 4 is 6.09 Å². The van der Waals surface area contributed by atoms with Gasteiger partial charge in [0.15, 0.2) is 0 Å². The van der Waals surface area contributed by atoms with E-state index < -0.39 is 6.09 Å². The summed E-state index contributed by atoms with van der Waals surface area (Å²) >= 11 is 0. The van der Waals surface area contributed by atoms with Crippen molar-refractivity contribution in [2.45, 2.75) is 32.6 Å². The molecule has 1 amide bonds. The number of hydrogen-bond donors (Lipinski definition) is 1. The Bertz CT molecular complexity index is 958. The third-order valence-corrected chi connectivity index (χ3v) is 7.04. The molecule has 0 heterocycles. The van der Waals surface area contributed by atoms with Gasteiger partial charge < -0.3 is 38.5 Å². The Morgan fingerprint density at radius 1 is 0.690 bits per heavy atom. The van der Waals surface area contributed by atoms with Crippen LogP contribution >= 0.6 is 0 Å². The number of benzene rings is 2. The molecule has 0 bridgehead atoms. The molecule has 0 aromatic heterocycles. The van der Waals surface area contributed by atoms with Crippen LogP contribution in [-0.4, -0.2) is 98.5 Å². The van der Waals surface area contributed by atoms with Crippen LogP contribution in [0.15, 0.2) is 48.5 Å². The summed E-state index contributed by atoms with van der Waals surface area (Å²) in [5.41, 5.74) is 4.84. The van der Waals surface area contributed by atoms with Crippen LogP contribution in [0.4, 0.5) is 4.79 Å². The highest BCUT2D eigenvalue weighted by molar-refractivity contribution is 5.79. The van der Waals surface area contributed by atoms with Crippen molar-refractivity contribution in [3.63, 3.8) is 0 Å². The zero-order chi connectivity index (χ0) is 29.7. The van der Waals surface area contributed by atoms with E-state index in [1.54, 1.807) is 0 Å². The molecule has 1 atom stereocenters. The number of hydrogen-bond acceptors (Lipinski definition) is 8. The molecule has 9 heteroatoms. The van der Waals surface area contributed by atoms with E-state index in [4.69, 9.17) is 33.2 Å².